The van der Waals surface area contributed by atoms with E-state index < -0.39 is 6.43 Å². The molecule has 1 saturated heterocycles. The van der Waals surface area contributed by atoms with Crippen molar-refractivity contribution < 1.29 is 8.78 Å². The standard InChI is InChI=1S/C9H17F2NS/c10-9(11)7-12-4-1-8-2-5-13-6-3-8/h8-9,12H,1-7H2. The first-order chi connectivity index (χ1) is 6.29. The highest BCUT2D eigenvalue weighted by molar-refractivity contribution is 7.99. The molecule has 0 aromatic rings. The Kier molecular flexibility index (Phi) is 5.71. The van der Waals surface area contributed by atoms with Crippen LogP contribution >= 0.6 is 11.8 Å². The zero-order valence-corrected chi connectivity index (χ0v) is 8.59. The van der Waals surface area contributed by atoms with Crippen LogP contribution in [-0.4, -0.2) is 31.0 Å². The molecule has 0 aromatic heterocycles. The summed E-state index contributed by atoms with van der Waals surface area (Å²) < 4.78 is 23.5. The second kappa shape index (κ2) is 6.60. The molecule has 1 N–H and O–H groups in total. The number of rotatable bonds is 5. The molecule has 1 rings (SSSR count). The van der Waals surface area contributed by atoms with Crippen molar-refractivity contribution in [2.24, 2.45) is 5.92 Å². The molecule has 1 nitrogen and oxygen atoms in total. The van der Waals surface area contributed by atoms with E-state index in [1.807, 2.05) is 11.8 Å². The molecule has 1 heterocycles. The molecular formula is C9H17F2NS. The summed E-state index contributed by atoms with van der Waals surface area (Å²) in [5.41, 5.74) is 0. The first kappa shape index (κ1) is 11.2. The van der Waals surface area contributed by atoms with E-state index in [2.05, 4.69) is 5.32 Å². The lowest BCUT2D eigenvalue weighted by Gasteiger charge is -2.21. The van der Waals surface area contributed by atoms with Crippen molar-refractivity contribution in [3.8, 4) is 0 Å². The van der Waals surface area contributed by atoms with Crippen LogP contribution in [0.15, 0.2) is 0 Å². The first-order valence-corrected chi connectivity index (χ1v) is 6.01. The molecule has 0 aromatic carbocycles. The van der Waals surface area contributed by atoms with Crippen molar-refractivity contribution in [2.45, 2.75) is 25.7 Å². The molecule has 78 valence electrons. The second-order valence-electron chi connectivity index (χ2n) is 3.44. The van der Waals surface area contributed by atoms with E-state index in [9.17, 15) is 8.78 Å². The van der Waals surface area contributed by atoms with Crippen molar-refractivity contribution in [3.05, 3.63) is 0 Å². The number of hydrogen-bond acceptors (Lipinski definition) is 2. The summed E-state index contributed by atoms with van der Waals surface area (Å²) in [6.45, 7) is 0.598. The van der Waals surface area contributed by atoms with E-state index in [-0.39, 0.29) is 6.54 Å². The molecule has 0 spiro atoms. The summed E-state index contributed by atoms with van der Waals surface area (Å²) in [4.78, 5) is 0. The Labute approximate surface area is 82.7 Å². The summed E-state index contributed by atoms with van der Waals surface area (Å²) in [5.74, 6) is 3.27. The number of thioether (sulfide) groups is 1. The first-order valence-electron chi connectivity index (χ1n) is 4.85. The van der Waals surface area contributed by atoms with Gasteiger partial charge < -0.3 is 5.32 Å². The Morgan fingerprint density at radius 2 is 2.00 bits per heavy atom. The maximum absolute atomic E-state index is 11.7. The molecule has 1 aliphatic heterocycles. The van der Waals surface area contributed by atoms with Crippen LogP contribution in [0.3, 0.4) is 0 Å². The van der Waals surface area contributed by atoms with Gasteiger partial charge in [0, 0.05) is 0 Å². The molecule has 0 aliphatic carbocycles. The molecule has 0 amide bonds. The van der Waals surface area contributed by atoms with E-state index in [1.54, 1.807) is 0 Å². The van der Waals surface area contributed by atoms with Crippen LogP contribution in [-0.2, 0) is 0 Å². The molecule has 4 heteroatoms. The van der Waals surface area contributed by atoms with Gasteiger partial charge in [0.15, 0.2) is 0 Å². The fourth-order valence-corrected chi connectivity index (χ4v) is 2.76. The number of alkyl halides is 2. The van der Waals surface area contributed by atoms with Gasteiger partial charge in [0.05, 0.1) is 6.54 Å². The number of nitrogens with one attached hydrogen (secondary N) is 1. The molecule has 0 saturated carbocycles. The van der Waals surface area contributed by atoms with Gasteiger partial charge in [-0.1, -0.05) is 0 Å². The molecule has 0 unspecified atom stereocenters. The van der Waals surface area contributed by atoms with E-state index in [0.29, 0.717) is 0 Å². The van der Waals surface area contributed by atoms with Gasteiger partial charge in [0.2, 0.25) is 0 Å². The van der Waals surface area contributed by atoms with Gasteiger partial charge in [-0.25, -0.2) is 8.78 Å². The molecule has 0 radical (unpaired) electrons. The van der Waals surface area contributed by atoms with Gasteiger partial charge in [-0.3, -0.25) is 0 Å². The highest BCUT2D eigenvalue weighted by atomic mass is 32.2. The number of halogens is 2. The molecule has 13 heavy (non-hydrogen) atoms. The van der Waals surface area contributed by atoms with E-state index in [1.165, 1.54) is 24.3 Å². The Balaban J connectivity index is 1.92. The zero-order chi connectivity index (χ0) is 9.52. The minimum absolute atomic E-state index is 0.151. The smallest absolute Gasteiger partial charge is 0.250 e. The van der Waals surface area contributed by atoms with Crippen LogP contribution in [0, 0.1) is 5.92 Å². The largest absolute Gasteiger partial charge is 0.311 e. The second-order valence-corrected chi connectivity index (χ2v) is 4.66. The van der Waals surface area contributed by atoms with Crippen molar-refractivity contribution in [1.29, 1.82) is 0 Å². The maximum atomic E-state index is 11.7. The highest BCUT2D eigenvalue weighted by Gasteiger charge is 2.12. The Bertz CT molecular complexity index is 127. The monoisotopic (exact) mass is 209 g/mol. The third-order valence-corrected chi connectivity index (χ3v) is 3.42. The number of hydrogen-bond donors (Lipinski definition) is 1. The summed E-state index contributed by atoms with van der Waals surface area (Å²) in [6.07, 6.45) is 1.39. The Hall–Kier alpha value is 0.170. The fraction of sp³-hybridized carbons (Fsp3) is 1.00. The highest BCUT2D eigenvalue weighted by Crippen LogP contribution is 2.24. The summed E-state index contributed by atoms with van der Waals surface area (Å²) in [6, 6.07) is 0. The quantitative estimate of drug-likeness (QED) is 0.698. The molecule has 0 atom stereocenters. The van der Waals surface area contributed by atoms with Crippen molar-refractivity contribution >= 4 is 11.8 Å². The predicted molar refractivity (Wildman–Crippen MR) is 53.5 cm³/mol. The van der Waals surface area contributed by atoms with Crippen LogP contribution < -0.4 is 5.32 Å². The molecule has 0 bridgehead atoms. The van der Waals surface area contributed by atoms with Crippen LogP contribution in [0.4, 0.5) is 8.78 Å². The van der Waals surface area contributed by atoms with Gasteiger partial charge in [-0.2, -0.15) is 11.8 Å². The van der Waals surface area contributed by atoms with E-state index >= 15 is 0 Å². The summed E-state index contributed by atoms with van der Waals surface area (Å²) in [7, 11) is 0. The minimum atomic E-state index is -2.21. The third-order valence-electron chi connectivity index (χ3n) is 2.37. The van der Waals surface area contributed by atoms with Gasteiger partial charge in [0.1, 0.15) is 0 Å². The minimum Gasteiger partial charge on any atom is -0.311 e. The lowest BCUT2D eigenvalue weighted by molar-refractivity contribution is 0.145. The van der Waals surface area contributed by atoms with Crippen LogP contribution in [0.5, 0.6) is 0 Å². The van der Waals surface area contributed by atoms with E-state index in [4.69, 9.17) is 0 Å². The van der Waals surface area contributed by atoms with Gasteiger partial charge >= 0.3 is 0 Å². The van der Waals surface area contributed by atoms with Gasteiger partial charge in [0.25, 0.3) is 6.43 Å². The van der Waals surface area contributed by atoms with Gasteiger partial charge in [-0.15, -0.1) is 0 Å². The van der Waals surface area contributed by atoms with Crippen molar-refractivity contribution in [3.63, 3.8) is 0 Å². The fourth-order valence-electron chi connectivity index (χ4n) is 1.55. The topological polar surface area (TPSA) is 12.0 Å². The van der Waals surface area contributed by atoms with Crippen LogP contribution in [0.2, 0.25) is 0 Å². The average molecular weight is 209 g/mol. The van der Waals surface area contributed by atoms with Gasteiger partial charge in [-0.05, 0) is 43.2 Å². The molecule has 1 fully saturated rings. The normalized spacial score (nSPS) is 19.6. The predicted octanol–water partition coefficient (Wildman–Crippen LogP) is 2.37. The third kappa shape index (κ3) is 5.47. The SMILES string of the molecule is FC(F)CNCCC1CCSCC1. The zero-order valence-electron chi connectivity index (χ0n) is 7.77. The summed E-state index contributed by atoms with van der Waals surface area (Å²) in [5, 5.41) is 2.78. The van der Waals surface area contributed by atoms with Crippen molar-refractivity contribution in [2.75, 3.05) is 24.6 Å². The molecular weight excluding hydrogens is 192 g/mol. The lowest BCUT2D eigenvalue weighted by Crippen LogP contribution is -2.24. The average Bonchev–Trinajstić information content (AvgIpc) is 2.14. The Morgan fingerprint density at radius 3 is 2.62 bits per heavy atom. The van der Waals surface area contributed by atoms with Crippen molar-refractivity contribution in [1.82, 2.24) is 5.32 Å². The molecule has 1 aliphatic rings. The lowest BCUT2D eigenvalue weighted by atomic mass is 9.99. The maximum Gasteiger partial charge on any atom is 0.250 e. The Morgan fingerprint density at radius 1 is 1.31 bits per heavy atom. The summed E-state index contributed by atoms with van der Waals surface area (Å²) >= 11 is 2.00. The van der Waals surface area contributed by atoms with E-state index in [0.717, 1.165) is 18.9 Å². The van der Waals surface area contributed by atoms with Crippen LogP contribution in [0.1, 0.15) is 19.3 Å². The van der Waals surface area contributed by atoms with Crippen LogP contribution in [0.25, 0.3) is 0 Å².